The number of carbonyl (C=O) groups is 19. The number of aliphatic hydroxyl groups excluding tert-OH is 4. The number of quaternary nitrogens is 1. The summed E-state index contributed by atoms with van der Waals surface area (Å²) in [7, 11) is 0. The maximum absolute atomic E-state index is 14.6. The van der Waals surface area contributed by atoms with Crippen molar-refractivity contribution in [1.29, 1.82) is 0 Å². The normalized spacial score (nSPS) is 15.1. The van der Waals surface area contributed by atoms with Crippen molar-refractivity contribution in [3.05, 3.63) is 102 Å². The van der Waals surface area contributed by atoms with Crippen molar-refractivity contribution < 1.29 is 138 Å². The number of nitrogens with two attached hydrogens (primary N) is 6. The first-order valence-corrected chi connectivity index (χ1v) is 41.9. The van der Waals surface area contributed by atoms with E-state index in [2.05, 4.69) is 85.5 Å². The predicted octanol–water partition coefficient (Wildman–Crippen LogP) is -12.4. The number of hydrogen-bond donors (Lipinski definition) is 31. The molecule has 39 N–H and O–H groups in total. The van der Waals surface area contributed by atoms with Crippen LogP contribution in [0, 0.1) is 11.8 Å². The Hall–Kier alpha value is -13.1. The first-order valence-electron chi connectivity index (χ1n) is 41.9. The molecule has 726 valence electrons. The molecule has 16 amide bonds. The highest BCUT2D eigenvalue weighted by atomic mass is 16.4. The molecule has 17 atom stereocenters. The summed E-state index contributed by atoms with van der Waals surface area (Å²) in [6.45, 7) is 3.52. The highest BCUT2D eigenvalue weighted by Crippen LogP contribution is 2.17. The Morgan fingerprint density at radius 3 is 1.04 bits per heavy atom. The topological polar surface area (TPSA) is 862 Å². The molecule has 3 aromatic rings. The Labute approximate surface area is 752 Å². The number of aliphatic carboxylic acids is 3. The number of hydrogen-bond acceptors (Lipinski definition) is 30. The van der Waals surface area contributed by atoms with E-state index >= 15 is 0 Å². The number of rotatable bonds is 62. The average Bonchev–Trinajstić information content (AvgIpc) is 0.847. The highest BCUT2D eigenvalue weighted by Gasteiger charge is 2.41. The van der Waals surface area contributed by atoms with Gasteiger partial charge in [-0.3, -0.25) is 96.9 Å². The van der Waals surface area contributed by atoms with Gasteiger partial charge in [0, 0.05) is 38.5 Å². The van der Waals surface area contributed by atoms with Crippen LogP contribution in [0.25, 0.3) is 0 Å². The van der Waals surface area contributed by atoms with Gasteiger partial charge in [0.25, 0.3) is 5.91 Å². The predicted molar refractivity (Wildman–Crippen MR) is 461 cm³/mol. The van der Waals surface area contributed by atoms with Gasteiger partial charge >= 0.3 is 17.9 Å². The van der Waals surface area contributed by atoms with E-state index in [1.165, 1.54) is 71.0 Å². The van der Waals surface area contributed by atoms with Crippen molar-refractivity contribution in [2.75, 3.05) is 32.9 Å². The third kappa shape index (κ3) is 41.5. The van der Waals surface area contributed by atoms with Crippen LogP contribution in [-0.4, -0.2) is 295 Å². The quantitative estimate of drug-likeness (QED) is 0.0184. The highest BCUT2D eigenvalue weighted by molar-refractivity contribution is 6.02. The second-order valence-electron chi connectivity index (χ2n) is 31.3. The minimum Gasteiger partial charge on any atom is -0.508 e. The molecule has 0 saturated carbocycles. The molecule has 0 spiro atoms. The zero-order chi connectivity index (χ0) is 98.5. The second kappa shape index (κ2) is 57.8. The molecule has 0 bridgehead atoms. The molecule has 0 aliphatic carbocycles. The molecule has 131 heavy (non-hydrogen) atoms. The zero-order valence-corrected chi connectivity index (χ0v) is 73.1. The maximum atomic E-state index is 14.6. The molecule has 0 radical (unpaired) electrons. The number of primary amides is 2. The van der Waals surface area contributed by atoms with Crippen molar-refractivity contribution in [3.63, 3.8) is 0 Å². The van der Waals surface area contributed by atoms with Gasteiger partial charge < -0.3 is 155 Å². The molecule has 0 fully saturated rings. The third-order valence-electron chi connectivity index (χ3n) is 20.2. The summed E-state index contributed by atoms with van der Waals surface area (Å²) in [5.41, 5.74) is 38.3. The van der Waals surface area contributed by atoms with Gasteiger partial charge in [0.05, 0.1) is 38.8 Å². The fourth-order valence-corrected chi connectivity index (χ4v) is 12.6. The van der Waals surface area contributed by atoms with Crippen molar-refractivity contribution in [2.24, 2.45) is 46.2 Å². The van der Waals surface area contributed by atoms with Gasteiger partial charge in [0.2, 0.25) is 88.6 Å². The zero-order valence-electron chi connectivity index (χ0n) is 73.1. The molecule has 50 nitrogen and oxygen atoms in total. The van der Waals surface area contributed by atoms with Crippen molar-refractivity contribution in [3.8, 4) is 5.75 Å². The minimum absolute atomic E-state index is 0.0424. The summed E-state index contributed by atoms with van der Waals surface area (Å²) in [6, 6.07) is -5.68. The van der Waals surface area contributed by atoms with E-state index < -0.39 is 305 Å². The van der Waals surface area contributed by atoms with E-state index in [0.29, 0.717) is 24.1 Å². The summed E-state index contributed by atoms with van der Waals surface area (Å²) in [5.74, 6) is -25.8. The van der Waals surface area contributed by atoms with Crippen LogP contribution in [0.15, 0.2) is 84.9 Å². The van der Waals surface area contributed by atoms with Crippen molar-refractivity contribution in [2.45, 2.75) is 234 Å². The second-order valence-corrected chi connectivity index (χ2v) is 31.3. The number of carboxylic acids is 3. The molecule has 0 unspecified atom stereocenters. The largest absolute Gasteiger partial charge is 0.508 e. The van der Waals surface area contributed by atoms with Crippen LogP contribution in [0.3, 0.4) is 0 Å². The summed E-state index contributed by atoms with van der Waals surface area (Å²) >= 11 is 0. The molecular weight excluding hydrogens is 1730 g/mol. The number of carboxylic acid groups (broad SMARTS) is 3. The summed E-state index contributed by atoms with van der Waals surface area (Å²) in [4.78, 5) is 259. The molecule has 3 rings (SSSR count). The Morgan fingerprint density at radius 1 is 0.351 bits per heavy atom. The monoisotopic (exact) mass is 1850 g/mol. The fourth-order valence-electron chi connectivity index (χ4n) is 12.6. The molecule has 0 aliphatic rings. The lowest BCUT2D eigenvalue weighted by Crippen LogP contribution is -2.70. The van der Waals surface area contributed by atoms with Gasteiger partial charge in [-0.05, 0) is 92.8 Å². The van der Waals surface area contributed by atoms with Crippen LogP contribution < -0.4 is 125 Å². The minimum atomic E-state index is -2.15. The molecule has 3 aromatic carbocycles. The van der Waals surface area contributed by atoms with E-state index in [-0.39, 0.29) is 50.0 Å². The van der Waals surface area contributed by atoms with E-state index in [1.807, 2.05) is 5.32 Å². The number of phenols is 1. The molecule has 50 heteroatoms. The standard InChI is InChI=1S/C81H125N23O27/c1-6-40(4)63(77(128)101-56(37-106)73(124)96-53(34-60(112)113)72(123)95-50(31-42-15-9-7-10-16-42)70(121)94-51(33-44-21-23-45(109)24-22-44)71(122)98-54(79(130)131)35-61(114)115)103-75(126)57(38-107)100-74(125)55(36-105)99-67(118)48(25-27-58(83)110)93-76(127)62(39(2)3)102-68(119)49(26-28-59(84)111)92-66(117)47(20-14-30-90-81(87)88)91-69(120)52(32-43-17-11-8-12-18-43)97-78(129)64(41(5)108)104-65(116)46(82)19-13-29-89-80(85)86/h7-12,15-18,21-24,39-41,46-57,62-64,80-81,89-90,105-109H,6,13-14,19-20,25-38,82,85-88H2,1-5H3,(H2,83,110)(H2,84,111)(H,91,120)(H,92,117)(H,93,127)(H,94,121)(H,95,123)(H,96,124)(H,97,129)(H,98,122)(H,99,118)(H,100,125)(H,101,128)(H,102,119)(H,103,126)(H,104,116)(H,112,113)(H,114,115)(H,130,131)/p+1/t40-,41+,46-,47-,48-,49-,50-,51-,52-,53-,54-,55-,56-,57-,62-,63-,64-/m0/s1. The van der Waals surface area contributed by atoms with Crippen LogP contribution in [0.2, 0.25) is 0 Å². The number of nitrogens with one attached hydrogen (secondary N) is 16. The Bertz CT molecular complexity index is 4330. The van der Waals surface area contributed by atoms with Gasteiger partial charge in [-0.15, -0.1) is 0 Å². The Kier molecular flexibility index (Phi) is 49.5. The van der Waals surface area contributed by atoms with Crippen LogP contribution in [0.4, 0.5) is 0 Å². The maximum Gasteiger partial charge on any atom is 0.326 e. The molecule has 0 saturated heterocycles. The number of aromatic hydroxyl groups is 1. The summed E-state index contributed by atoms with van der Waals surface area (Å²) in [5, 5.41) is 119. The third-order valence-corrected chi connectivity index (χ3v) is 20.2. The van der Waals surface area contributed by atoms with E-state index in [0.717, 1.165) is 0 Å². The van der Waals surface area contributed by atoms with E-state index in [4.69, 9.17) is 34.4 Å². The first kappa shape index (κ1) is 112. The Balaban J connectivity index is 1.89. The fraction of sp³-hybridized carbons (Fsp3) is 0.543. The average molecular weight is 1850 g/mol. The van der Waals surface area contributed by atoms with Gasteiger partial charge in [-0.1, -0.05) is 107 Å². The summed E-state index contributed by atoms with van der Waals surface area (Å²) < 4.78 is 0. The van der Waals surface area contributed by atoms with E-state index in [9.17, 15) is 132 Å². The van der Waals surface area contributed by atoms with Gasteiger partial charge in [-0.25, -0.2) is 4.79 Å². The Morgan fingerprint density at radius 2 is 0.649 bits per heavy atom. The van der Waals surface area contributed by atoms with E-state index in [1.54, 1.807) is 48.5 Å². The lowest BCUT2D eigenvalue weighted by atomic mass is 9.97. The molecule has 0 aliphatic heterocycles. The summed E-state index contributed by atoms with van der Waals surface area (Å²) in [6.07, 6.45) is -8.78. The van der Waals surface area contributed by atoms with Crippen molar-refractivity contribution in [1.82, 2.24) is 85.1 Å². The number of phenolic OH excluding ortho intramolecular Hbond substituents is 1. The van der Waals surface area contributed by atoms with Crippen LogP contribution in [0.1, 0.15) is 122 Å². The smallest absolute Gasteiger partial charge is 0.326 e. The van der Waals surface area contributed by atoms with Crippen molar-refractivity contribution >= 4 is 112 Å². The molecular formula is C81H126N23O27+. The SMILES string of the molecule is CC[C@H](C)[C@H](NC(=O)[C@H](CO)NC(=O)[C@H](CO)NC(=O)[C@H](CCC(N)=O)NC(=O)[C@@H](NC(=O)[C@H](CCC(N)=O)NC(=O)[C@H](CCCNC(N)N)NC(=O)[C@H](Cc1ccccc1)NC(=O)[C@@H](NC(=O)[C@@H]([NH3+])CCCNC(N)N)[C@@H](C)O)C(C)C)C(=O)N[C@@H](CO)C(=O)N[C@@H](CC(=O)O)C(=O)N[C@@H](Cc1ccccc1)C(=O)N[C@@H](Cc1ccc(O)cc1)C(=O)N[C@@H](CC(=O)O)C(=O)O. The van der Waals surface area contributed by atoms with Crippen LogP contribution >= 0.6 is 0 Å². The van der Waals surface area contributed by atoms with Gasteiger partial charge in [0.15, 0.2) is 6.04 Å². The lowest BCUT2D eigenvalue weighted by Gasteiger charge is -2.29. The molecule has 0 aromatic heterocycles. The van der Waals surface area contributed by atoms with Crippen LogP contribution in [0.5, 0.6) is 5.75 Å². The number of amides is 16. The van der Waals surface area contributed by atoms with Gasteiger partial charge in [0.1, 0.15) is 103 Å². The first-order chi connectivity index (χ1) is 61.7. The number of carbonyl (C=O) groups excluding carboxylic acids is 16. The lowest BCUT2D eigenvalue weighted by molar-refractivity contribution is -0.405. The van der Waals surface area contributed by atoms with Crippen LogP contribution in [-0.2, 0) is 110 Å². The molecule has 0 heterocycles. The van der Waals surface area contributed by atoms with Gasteiger partial charge in [-0.2, -0.15) is 0 Å². The number of benzene rings is 3. The number of aliphatic hydroxyl groups is 4.